The Morgan fingerprint density at radius 1 is 1.29 bits per heavy atom. The summed E-state index contributed by atoms with van der Waals surface area (Å²) in [6.07, 6.45) is 4.85. The molecule has 1 fully saturated rings. The van der Waals surface area contributed by atoms with Crippen LogP contribution in [-0.4, -0.2) is 63.6 Å². The van der Waals surface area contributed by atoms with Crippen molar-refractivity contribution in [3.8, 4) is 6.07 Å². The number of nitrogens with one attached hydrogen (secondary N) is 1. The number of nitrogens with zero attached hydrogens (tertiary/aromatic N) is 7. The van der Waals surface area contributed by atoms with E-state index in [1.165, 1.54) is 0 Å². The van der Waals surface area contributed by atoms with Crippen LogP contribution < -0.4 is 10.2 Å². The zero-order valence-electron chi connectivity index (χ0n) is 17.6. The summed E-state index contributed by atoms with van der Waals surface area (Å²) >= 11 is 0. The summed E-state index contributed by atoms with van der Waals surface area (Å²) < 4.78 is 1.83. The predicted molar refractivity (Wildman–Crippen MR) is 116 cm³/mol. The lowest BCUT2D eigenvalue weighted by Crippen LogP contribution is -2.35. The first kappa shape index (κ1) is 20.8. The van der Waals surface area contributed by atoms with Crippen LogP contribution in [0.25, 0.3) is 5.65 Å². The molecule has 1 saturated heterocycles. The minimum Gasteiger partial charge on any atom is -0.358 e. The lowest BCUT2D eigenvalue weighted by molar-refractivity contribution is -0.131. The van der Waals surface area contributed by atoms with Gasteiger partial charge in [-0.25, -0.2) is 14.5 Å². The molecule has 0 bridgehead atoms. The highest BCUT2D eigenvalue weighted by Crippen LogP contribution is 2.21. The van der Waals surface area contributed by atoms with Gasteiger partial charge in [0.25, 0.3) is 0 Å². The fourth-order valence-corrected chi connectivity index (χ4v) is 3.88. The number of likely N-dealkylation sites (tertiary alicyclic amines) is 1. The zero-order chi connectivity index (χ0) is 21.6. The number of rotatable bonds is 9. The number of carbonyl (C=O) groups excluding carboxylic acids is 1. The Bertz CT molecular complexity index is 1070. The van der Waals surface area contributed by atoms with Crippen molar-refractivity contribution in [3.63, 3.8) is 0 Å². The van der Waals surface area contributed by atoms with Gasteiger partial charge in [0.1, 0.15) is 18.2 Å². The van der Waals surface area contributed by atoms with Gasteiger partial charge < -0.3 is 15.1 Å². The zero-order valence-corrected chi connectivity index (χ0v) is 17.6. The normalized spacial score (nSPS) is 16.1. The molecule has 1 amide bonds. The van der Waals surface area contributed by atoms with Crippen LogP contribution >= 0.6 is 0 Å². The molecule has 4 heterocycles. The number of amides is 1. The van der Waals surface area contributed by atoms with Crippen molar-refractivity contribution in [2.45, 2.75) is 19.4 Å². The molecule has 0 radical (unpaired) electrons. The summed E-state index contributed by atoms with van der Waals surface area (Å²) in [5.41, 5.74) is 2.43. The van der Waals surface area contributed by atoms with Gasteiger partial charge in [-0.3, -0.25) is 4.79 Å². The first-order valence-corrected chi connectivity index (χ1v) is 10.5. The molecule has 9 nitrogen and oxygen atoms in total. The van der Waals surface area contributed by atoms with E-state index in [2.05, 4.69) is 26.5 Å². The van der Waals surface area contributed by atoms with E-state index < -0.39 is 0 Å². The minimum atomic E-state index is 0.0769. The number of hydrogen-bond donors (Lipinski definition) is 1. The third-order valence-corrected chi connectivity index (χ3v) is 5.74. The van der Waals surface area contributed by atoms with Crippen molar-refractivity contribution >= 4 is 17.4 Å². The molecule has 31 heavy (non-hydrogen) atoms. The first-order chi connectivity index (χ1) is 15.2. The van der Waals surface area contributed by atoms with Crippen LogP contribution in [0.3, 0.4) is 0 Å². The van der Waals surface area contributed by atoms with Gasteiger partial charge in [0, 0.05) is 45.3 Å². The van der Waals surface area contributed by atoms with Crippen molar-refractivity contribution in [3.05, 3.63) is 54.1 Å². The number of pyridine rings is 2. The Kier molecular flexibility index (Phi) is 6.38. The maximum Gasteiger partial charge on any atom is 0.225 e. The molecule has 9 heteroatoms. The number of fused-ring (bicyclic) bond motifs is 1. The Labute approximate surface area is 181 Å². The Balaban J connectivity index is 1.20. The number of aromatic nitrogens is 4. The van der Waals surface area contributed by atoms with Crippen molar-refractivity contribution in [2.75, 3.05) is 38.1 Å². The van der Waals surface area contributed by atoms with Crippen LogP contribution in [0.2, 0.25) is 0 Å². The van der Waals surface area contributed by atoms with Gasteiger partial charge in [-0.05, 0) is 43.7 Å². The molecule has 3 aromatic rings. The first-order valence-electron chi connectivity index (χ1n) is 10.5. The summed E-state index contributed by atoms with van der Waals surface area (Å²) in [6, 6.07) is 11.6. The standard InChI is InChI=1S/C22H26N8O/c1-28(20-6-5-17(13-23)14-25-20)11-12-29-10-8-18(22(29)31)7-9-24-15-19-3-2-4-21-26-16-27-30(19)21/h2-6,14,16,18,24H,7-12,15H2,1H3. The van der Waals surface area contributed by atoms with E-state index >= 15 is 0 Å². The second-order valence-corrected chi connectivity index (χ2v) is 7.76. The number of anilines is 1. The van der Waals surface area contributed by atoms with Gasteiger partial charge in [-0.1, -0.05) is 6.07 Å². The topological polar surface area (TPSA) is 102 Å². The quantitative estimate of drug-likeness (QED) is 0.525. The van der Waals surface area contributed by atoms with Crippen LogP contribution in [0.15, 0.2) is 42.9 Å². The Morgan fingerprint density at radius 2 is 2.19 bits per heavy atom. The maximum absolute atomic E-state index is 12.7. The Morgan fingerprint density at radius 3 is 3.00 bits per heavy atom. The third-order valence-electron chi connectivity index (χ3n) is 5.74. The van der Waals surface area contributed by atoms with Crippen LogP contribution in [0.5, 0.6) is 0 Å². The van der Waals surface area contributed by atoms with Crippen LogP contribution in [0.1, 0.15) is 24.1 Å². The van der Waals surface area contributed by atoms with E-state index in [1.807, 2.05) is 45.6 Å². The molecule has 160 valence electrons. The molecule has 0 saturated carbocycles. The van der Waals surface area contributed by atoms with E-state index in [9.17, 15) is 4.79 Å². The lowest BCUT2D eigenvalue weighted by Gasteiger charge is -2.23. The molecule has 3 aromatic heterocycles. The van der Waals surface area contributed by atoms with Crippen molar-refractivity contribution in [1.82, 2.24) is 29.8 Å². The highest BCUT2D eigenvalue weighted by molar-refractivity contribution is 5.80. The lowest BCUT2D eigenvalue weighted by atomic mass is 10.0. The fraction of sp³-hybridized carbons (Fsp3) is 0.409. The molecular weight excluding hydrogens is 392 g/mol. The summed E-state index contributed by atoms with van der Waals surface area (Å²) in [4.78, 5) is 25.2. The van der Waals surface area contributed by atoms with Crippen LogP contribution in [-0.2, 0) is 11.3 Å². The fourth-order valence-electron chi connectivity index (χ4n) is 3.88. The van der Waals surface area contributed by atoms with Crippen molar-refractivity contribution < 1.29 is 4.79 Å². The van der Waals surface area contributed by atoms with E-state index in [4.69, 9.17) is 5.26 Å². The molecule has 0 aliphatic carbocycles. The van der Waals surface area contributed by atoms with E-state index in [0.717, 1.165) is 43.1 Å². The summed E-state index contributed by atoms with van der Waals surface area (Å²) in [6.45, 7) is 3.65. The number of likely N-dealkylation sites (N-methyl/N-ethyl adjacent to an activating group) is 1. The summed E-state index contributed by atoms with van der Waals surface area (Å²) in [7, 11) is 1.95. The third kappa shape index (κ3) is 4.81. The minimum absolute atomic E-state index is 0.0769. The SMILES string of the molecule is CN(CCN1CCC(CCNCc2cccc3ncnn23)C1=O)c1ccc(C#N)cn1. The van der Waals surface area contributed by atoms with Gasteiger partial charge in [-0.2, -0.15) is 10.4 Å². The number of nitriles is 1. The second-order valence-electron chi connectivity index (χ2n) is 7.76. The number of carbonyl (C=O) groups is 1. The summed E-state index contributed by atoms with van der Waals surface area (Å²) in [5.74, 6) is 1.11. The molecule has 1 aliphatic heterocycles. The average Bonchev–Trinajstić information content (AvgIpc) is 3.42. The molecular formula is C22H26N8O. The van der Waals surface area contributed by atoms with Crippen molar-refractivity contribution in [2.24, 2.45) is 5.92 Å². The van der Waals surface area contributed by atoms with Gasteiger partial charge in [0.15, 0.2) is 5.65 Å². The van der Waals surface area contributed by atoms with E-state index in [1.54, 1.807) is 18.6 Å². The second kappa shape index (κ2) is 9.53. The summed E-state index contributed by atoms with van der Waals surface area (Å²) in [5, 5.41) is 16.6. The molecule has 1 N–H and O–H groups in total. The molecule has 4 rings (SSSR count). The van der Waals surface area contributed by atoms with Gasteiger partial charge in [0.2, 0.25) is 5.91 Å². The molecule has 0 aromatic carbocycles. The largest absolute Gasteiger partial charge is 0.358 e. The van der Waals surface area contributed by atoms with Gasteiger partial charge >= 0.3 is 0 Å². The molecule has 0 spiro atoms. The van der Waals surface area contributed by atoms with E-state index in [0.29, 0.717) is 25.2 Å². The molecule has 1 atom stereocenters. The Hall–Kier alpha value is -3.51. The highest BCUT2D eigenvalue weighted by Gasteiger charge is 2.30. The number of hydrogen-bond acceptors (Lipinski definition) is 7. The molecule has 1 aliphatic rings. The monoisotopic (exact) mass is 418 g/mol. The smallest absolute Gasteiger partial charge is 0.225 e. The van der Waals surface area contributed by atoms with Crippen molar-refractivity contribution in [1.29, 1.82) is 5.26 Å². The average molecular weight is 419 g/mol. The molecule has 1 unspecified atom stereocenters. The van der Waals surface area contributed by atoms with Gasteiger partial charge in [-0.15, -0.1) is 0 Å². The predicted octanol–water partition coefficient (Wildman–Crippen LogP) is 1.46. The van der Waals surface area contributed by atoms with E-state index in [-0.39, 0.29) is 11.8 Å². The van der Waals surface area contributed by atoms with Crippen LogP contribution in [0.4, 0.5) is 5.82 Å². The maximum atomic E-state index is 12.7. The van der Waals surface area contributed by atoms with Crippen LogP contribution in [0, 0.1) is 17.2 Å². The highest BCUT2D eigenvalue weighted by atomic mass is 16.2. The van der Waals surface area contributed by atoms with Gasteiger partial charge in [0.05, 0.1) is 11.3 Å².